The summed E-state index contributed by atoms with van der Waals surface area (Å²) in [5.74, 6) is 0.0386. The van der Waals surface area contributed by atoms with Crippen molar-refractivity contribution < 1.29 is 27.9 Å². The van der Waals surface area contributed by atoms with Gasteiger partial charge in [0.2, 0.25) is 23.7 Å². The summed E-state index contributed by atoms with van der Waals surface area (Å²) in [7, 11) is 0. The fourth-order valence-electron chi connectivity index (χ4n) is 9.34. The summed E-state index contributed by atoms with van der Waals surface area (Å²) < 4.78 is 35.7. The highest BCUT2D eigenvalue weighted by molar-refractivity contribution is 6.01. The molecule has 1 aromatic heterocycles. The maximum absolute atomic E-state index is 15.2. The van der Waals surface area contributed by atoms with Gasteiger partial charge in [-0.05, 0) is 113 Å². The van der Waals surface area contributed by atoms with E-state index in [-0.39, 0.29) is 53.5 Å². The Morgan fingerprint density at radius 2 is 1.61 bits per heavy atom. The Kier molecular flexibility index (Phi) is 12.3. The van der Waals surface area contributed by atoms with E-state index in [0.717, 1.165) is 108 Å². The van der Waals surface area contributed by atoms with Crippen LogP contribution in [0.4, 0.5) is 26.1 Å². The van der Waals surface area contributed by atoms with Gasteiger partial charge in [0.05, 0.1) is 19.4 Å². The van der Waals surface area contributed by atoms with E-state index in [1.165, 1.54) is 12.3 Å². The number of aromatic nitrogens is 2. The van der Waals surface area contributed by atoms with E-state index < -0.39 is 11.9 Å². The van der Waals surface area contributed by atoms with Crippen molar-refractivity contribution in [2.45, 2.75) is 82.2 Å². The molecule has 0 radical (unpaired) electrons. The lowest BCUT2D eigenvalue weighted by atomic mass is 9.84. The minimum Gasteiger partial charge on any atom is -0.378 e. The Labute approximate surface area is 333 Å². The summed E-state index contributed by atoms with van der Waals surface area (Å²) in [6.07, 6.45) is 8.96. The van der Waals surface area contributed by atoms with Gasteiger partial charge >= 0.3 is 0 Å². The van der Waals surface area contributed by atoms with Crippen LogP contribution in [0.3, 0.4) is 0 Å². The van der Waals surface area contributed by atoms with Gasteiger partial charge in [-0.25, -0.2) is 18.7 Å². The smallest absolute Gasteiger partial charge is 0.249 e. The third-order valence-corrected chi connectivity index (χ3v) is 12.7. The number of nitrogens with one attached hydrogen (secondary N) is 3. The fourth-order valence-corrected chi connectivity index (χ4v) is 9.34. The molecule has 1 atom stereocenters. The van der Waals surface area contributed by atoms with Gasteiger partial charge in [0.25, 0.3) is 0 Å². The molecular weight excluding hydrogens is 731 g/mol. The number of imide groups is 1. The first-order valence-corrected chi connectivity index (χ1v) is 20.9. The average molecular weight is 785 g/mol. The van der Waals surface area contributed by atoms with Crippen LogP contribution in [0.25, 0.3) is 11.3 Å². The zero-order valence-corrected chi connectivity index (χ0v) is 32.6. The van der Waals surface area contributed by atoms with E-state index in [4.69, 9.17) is 4.74 Å². The first kappa shape index (κ1) is 39.2. The maximum atomic E-state index is 15.2. The van der Waals surface area contributed by atoms with Crippen molar-refractivity contribution in [3.63, 3.8) is 0 Å². The minimum absolute atomic E-state index is 0.0222. The second-order valence-electron chi connectivity index (χ2n) is 16.5. The Balaban J connectivity index is 0.751. The number of nitrogens with zero attached hydrogens (tertiary/aromatic N) is 5. The molecule has 14 heteroatoms. The number of benzene rings is 2. The number of carbonyl (C=O) groups is 3. The molecule has 3 amide bonds. The third kappa shape index (κ3) is 9.55. The number of ether oxygens (including phenoxy) is 1. The number of likely N-dealkylation sites (tertiary alicyclic amines) is 2. The molecule has 5 fully saturated rings. The minimum atomic E-state index is -0.541. The van der Waals surface area contributed by atoms with E-state index in [1.807, 2.05) is 36.4 Å². The summed E-state index contributed by atoms with van der Waals surface area (Å²) in [5.41, 5.74) is 3.28. The highest BCUT2D eigenvalue weighted by Crippen LogP contribution is 2.34. The molecule has 2 aromatic carbocycles. The molecule has 1 unspecified atom stereocenters. The first-order chi connectivity index (χ1) is 27.8. The lowest BCUT2D eigenvalue weighted by molar-refractivity contribution is -0.138. The molecular formula is C43H54F2N8O4. The summed E-state index contributed by atoms with van der Waals surface area (Å²) in [6, 6.07) is 12.5. The van der Waals surface area contributed by atoms with Crippen molar-refractivity contribution >= 4 is 35.0 Å². The molecule has 4 saturated heterocycles. The summed E-state index contributed by atoms with van der Waals surface area (Å²) in [4.78, 5) is 52.8. The molecule has 1 saturated carbocycles. The second kappa shape index (κ2) is 17.8. The Hall–Kier alpha value is -4.69. The van der Waals surface area contributed by atoms with Crippen LogP contribution in [-0.2, 0) is 19.1 Å². The van der Waals surface area contributed by atoms with Crippen LogP contribution in [-0.4, -0.2) is 109 Å². The zero-order chi connectivity index (χ0) is 39.3. The molecule has 57 heavy (non-hydrogen) atoms. The van der Waals surface area contributed by atoms with Gasteiger partial charge in [-0.1, -0.05) is 18.2 Å². The molecule has 8 rings (SSSR count). The summed E-state index contributed by atoms with van der Waals surface area (Å²) in [6.45, 7) is 7.38. The van der Waals surface area contributed by atoms with E-state index in [1.54, 1.807) is 0 Å². The molecule has 304 valence electrons. The third-order valence-electron chi connectivity index (χ3n) is 12.7. The number of hydrogen-bond donors (Lipinski definition) is 3. The van der Waals surface area contributed by atoms with E-state index in [2.05, 4.69) is 40.6 Å². The highest BCUT2D eigenvalue weighted by Gasteiger charge is 2.33. The number of hydrogen-bond acceptors (Lipinski definition) is 10. The van der Waals surface area contributed by atoms with Crippen LogP contribution in [0, 0.1) is 23.5 Å². The number of anilines is 3. The van der Waals surface area contributed by atoms with Gasteiger partial charge in [0.15, 0.2) is 5.82 Å². The molecule has 4 aliphatic heterocycles. The van der Waals surface area contributed by atoms with Crippen molar-refractivity contribution in [3.05, 3.63) is 65.9 Å². The molecule has 1 aliphatic carbocycles. The molecule has 5 heterocycles. The van der Waals surface area contributed by atoms with Gasteiger partial charge < -0.3 is 30.1 Å². The molecule has 3 aromatic rings. The van der Waals surface area contributed by atoms with Crippen molar-refractivity contribution in [2.75, 3.05) is 74.6 Å². The van der Waals surface area contributed by atoms with Crippen LogP contribution in [0.2, 0.25) is 0 Å². The van der Waals surface area contributed by atoms with Crippen LogP contribution in [0.5, 0.6) is 0 Å². The Morgan fingerprint density at radius 1 is 0.842 bits per heavy atom. The van der Waals surface area contributed by atoms with Crippen LogP contribution in [0.15, 0.2) is 48.7 Å². The Bertz CT molecular complexity index is 1900. The average Bonchev–Trinajstić information content (AvgIpc) is 3.24. The normalized spacial score (nSPS) is 24.3. The predicted octanol–water partition coefficient (Wildman–Crippen LogP) is 5.56. The molecule has 12 nitrogen and oxygen atoms in total. The molecule has 5 aliphatic rings. The lowest BCUT2D eigenvalue weighted by Crippen LogP contribution is -2.47. The van der Waals surface area contributed by atoms with E-state index in [0.29, 0.717) is 42.8 Å². The van der Waals surface area contributed by atoms with Crippen LogP contribution >= 0.6 is 0 Å². The molecule has 3 N–H and O–H groups in total. The van der Waals surface area contributed by atoms with E-state index >= 15 is 4.39 Å². The van der Waals surface area contributed by atoms with E-state index in [9.17, 15) is 18.8 Å². The summed E-state index contributed by atoms with van der Waals surface area (Å²) >= 11 is 0. The fraction of sp³-hybridized carbons (Fsp3) is 0.558. The number of amides is 3. The Morgan fingerprint density at radius 3 is 2.35 bits per heavy atom. The van der Waals surface area contributed by atoms with Gasteiger partial charge in [-0.15, -0.1) is 0 Å². The topological polar surface area (TPSA) is 132 Å². The van der Waals surface area contributed by atoms with Crippen LogP contribution < -0.4 is 20.9 Å². The summed E-state index contributed by atoms with van der Waals surface area (Å²) in [5, 5.41) is 8.83. The van der Waals surface area contributed by atoms with Crippen LogP contribution in [0.1, 0.15) is 75.7 Å². The van der Waals surface area contributed by atoms with Crippen molar-refractivity contribution in [1.29, 1.82) is 0 Å². The van der Waals surface area contributed by atoms with Crippen molar-refractivity contribution in [2.24, 2.45) is 11.8 Å². The maximum Gasteiger partial charge on any atom is 0.249 e. The number of morpholine rings is 1. The van der Waals surface area contributed by atoms with Gasteiger partial charge in [-0.2, -0.15) is 0 Å². The number of piperidine rings is 3. The van der Waals surface area contributed by atoms with Crippen molar-refractivity contribution in [1.82, 2.24) is 25.1 Å². The standard InChI is InChI=1S/C43H54F2N8O4/c44-36-25-33(47-38-10-11-39(54)49-41(38)55)8-9-35(36)29-14-16-51(17-15-29)27-28-12-18-53(19-13-28)42(56)30-4-6-32(7-5-30)48-43-46-26-37(45)40(50-43)31-2-1-3-34(24-31)52-20-22-57-23-21-52/h1-3,8-9,24-26,28-30,32,38,47H,4-7,10-23,27H2,(H,46,48,50)(H,49,54,55). The van der Waals surface area contributed by atoms with Gasteiger partial charge in [0, 0.05) is 68.0 Å². The van der Waals surface area contributed by atoms with Gasteiger partial charge in [-0.3, -0.25) is 19.7 Å². The number of carbonyl (C=O) groups excluding carboxylic acids is 3. The largest absolute Gasteiger partial charge is 0.378 e. The lowest BCUT2D eigenvalue weighted by Gasteiger charge is -2.39. The quantitative estimate of drug-likeness (QED) is 0.225. The highest BCUT2D eigenvalue weighted by atomic mass is 19.1. The SMILES string of the molecule is O=C1CCC(Nc2ccc(C3CCN(CC4CCN(C(=O)C5CCC(Nc6ncc(F)c(-c7cccc(N8CCOCC8)c7)n6)CC5)CC4)CC3)c(F)c2)C(=O)N1. The second-order valence-corrected chi connectivity index (χ2v) is 16.5. The first-order valence-electron chi connectivity index (χ1n) is 20.9. The number of halogens is 2. The number of rotatable bonds is 10. The molecule has 0 spiro atoms. The van der Waals surface area contributed by atoms with Gasteiger partial charge in [0.1, 0.15) is 17.6 Å². The van der Waals surface area contributed by atoms with Crippen molar-refractivity contribution in [3.8, 4) is 11.3 Å². The monoisotopic (exact) mass is 784 g/mol. The predicted molar refractivity (Wildman–Crippen MR) is 214 cm³/mol. The molecule has 0 bridgehead atoms. The zero-order valence-electron chi connectivity index (χ0n) is 32.6.